The molecule has 2 N–H and O–H groups in total. The Hall–Kier alpha value is -4.50. The Balaban J connectivity index is 1.31. The van der Waals surface area contributed by atoms with Gasteiger partial charge in [-0.25, -0.2) is 23.1 Å². The highest BCUT2D eigenvalue weighted by Gasteiger charge is 2.16. The smallest absolute Gasteiger partial charge is 0.264 e. The van der Waals surface area contributed by atoms with E-state index >= 15 is 0 Å². The molecular weight excluding hydrogens is 488 g/mol. The van der Waals surface area contributed by atoms with Crippen molar-refractivity contribution in [3.05, 3.63) is 114 Å². The number of ether oxygens (including phenoxy) is 1. The van der Waals surface area contributed by atoms with E-state index in [4.69, 9.17) is 4.74 Å². The lowest BCUT2D eigenvalue weighted by atomic mass is 10.2. The van der Waals surface area contributed by atoms with Crippen LogP contribution in [0.4, 0.5) is 11.6 Å². The molecule has 4 aromatic rings. The van der Waals surface area contributed by atoms with Crippen LogP contribution in [0.25, 0.3) is 6.08 Å². The molecule has 1 heterocycles. The first kappa shape index (κ1) is 25.6. The molecule has 8 nitrogen and oxygen atoms in total. The molecule has 1 aromatic heterocycles. The number of sulfonamides is 1. The quantitative estimate of drug-likeness (QED) is 0.300. The highest BCUT2D eigenvalue weighted by atomic mass is 32.2. The molecule has 0 spiro atoms. The normalized spacial score (nSPS) is 11.3. The topological polar surface area (TPSA) is 110 Å². The van der Waals surface area contributed by atoms with Crippen molar-refractivity contribution in [3.8, 4) is 5.75 Å². The fraction of sp³-hybridized carbons (Fsp3) is 0.107. The largest absolute Gasteiger partial charge is 0.489 e. The van der Waals surface area contributed by atoms with Gasteiger partial charge in [-0.3, -0.25) is 4.79 Å². The second-order valence-electron chi connectivity index (χ2n) is 8.27. The van der Waals surface area contributed by atoms with Gasteiger partial charge in [0, 0.05) is 23.2 Å². The number of carbonyl (C=O) groups is 1. The third kappa shape index (κ3) is 7.49. The summed E-state index contributed by atoms with van der Waals surface area (Å²) in [5.41, 5.74) is 3.69. The molecular formula is C28H26N4O4S. The second kappa shape index (κ2) is 11.5. The molecule has 4 rings (SSSR count). The van der Waals surface area contributed by atoms with Gasteiger partial charge < -0.3 is 10.1 Å². The standard InChI is InChI=1S/C28H26N4O4S/c1-20-18-21(2)30-28(29-20)32-37(34,35)26-15-11-24(12-16-26)31-27(33)17-10-22-8-13-25(14-9-22)36-19-23-6-4-3-5-7-23/h3-18H,19H2,1-2H3,(H,31,33)(H,29,30,32). The zero-order valence-electron chi connectivity index (χ0n) is 20.4. The molecule has 0 fully saturated rings. The Bertz CT molecular complexity index is 1480. The maximum Gasteiger partial charge on any atom is 0.264 e. The van der Waals surface area contributed by atoms with Crippen molar-refractivity contribution in [1.29, 1.82) is 0 Å². The zero-order chi connectivity index (χ0) is 26.3. The molecule has 3 aromatic carbocycles. The maximum atomic E-state index is 12.7. The molecule has 37 heavy (non-hydrogen) atoms. The summed E-state index contributed by atoms with van der Waals surface area (Å²) in [6, 6.07) is 24.9. The summed E-state index contributed by atoms with van der Waals surface area (Å²) in [5.74, 6) is 0.400. The molecule has 0 aliphatic rings. The Kier molecular flexibility index (Phi) is 7.95. The van der Waals surface area contributed by atoms with Crippen LogP contribution in [0.5, 0.6) is 5.75 Å². The Morgan fingerprint density at radius 1 is 0.892 bits per heavy atom. The van der Waals surface area contributed by atoms with Crippen LogP contribution in [-0.2, 0) is 21.4 Å². The van der Waals surface area contributed by atoms with Crippen LogP contribution >= 0.6 is 0 Å². The zero-order valence-corrected chi connectivity index (χ0v) is 21.2. The van der Waals surface area contributed by atoms with Crippen LogP contribution in [0.2, 0.25) is 0 Å². The number of rotatable bonds is 9. The van der Waals surface area contributed by atoms with Gasteiger partial charge >= 0.3 is 0 Å². The van der Waals surface area contributed by atoms with Gasteiger partial charge in [0.05, 0.1) is 4.90 Å². The van der Waals surface area contributed by atoms with E-state index in [1.165, 1.54) is 30.3 Å². The number of carbonyl (C=O) groups excluding carboxylic acids is 1. The second-order valence-corrected chi connectivity index (χ2v) is 9.95. The summed E-state index contributed by atoms with van der Waals surface area (Å²) in [5, 5.41) is 2.71. The van der Waals surface area contributed by atoms with Crippen LogP contribution in [0.1, 0.15) is 22.5 Å². The molecule has 0 bridgehead atoms. The van der Waals surface area contributed by atoms with Crippen molar-refractivity contribution < 1.29 is 17.9 Å². The monoisotopic (exact) mass is 514 g/mol. The van der Waals surface area contributed by atoms with Crippen molar-refractivity contribution in [2.45, 2.75) is 25.3 Å². The van der Waals surface area contributed by atoms with Crippen LogP contribution in [0, 0.1) is 13.8 Å². The molecule has 0 saturated carbocycles. The van der Waals surface area contributed by atoms with Crippen molar-refractivity contribution >= 4 is 33.6 Å². The average Bonchev–Trinajstić information content (AvgIpc) is 2.87. The van der Waals surface area contributed by atoms with E-state index in [-0.39, 0.29) is 16.8 Å². The van der Waals surface area contributed by atoms with E-state index in [1.807, 2.05) is 54.6 Å². The highest BCUT2D eigenvalue weighted by molar-refractivity contribution is 7.92. The van der Waals surface area contributed by atoms with Crippen LogP contribution in [0.15, 0.2) is 95.9 Å². The lowest BCUT2D eigenvalue weighted by Gasteiger charge is -2.09. The fourth-order valence-electron chi connectivity index (χ4n) is 3.44. The molecule has 0 saturated heterocycles. The summed E-state index contributed by atoms with van der Waals surface area (Å²) < 4.78 is 33.5. The third-order valence-electron chi connectivity index (χ3n) is 5.20. The highest BCUT2D eigenvalue weighted by Crippen LogP contribution is 2.18. The van der Waals surface area contributed by atoms with E-state index in [0.29, 0.717) is 23.7 Å². The van der Waals surface area contributed by atoms with Crippen molar-refractivity contribution in [3.63, 3.8) is 0 Å². The minimum absolute atomic E-state index is 0.0100. The number of aryl methyl sites for hydroxylation is 2. The van der Waals surface area contributed by atoms with Crippen molar-refractivity contribution in [2.24, 2.45) is 0 Å². The number of hydrogen-bond donors (Lipinski definition) is 2. The van der Waals surface area contributed by atoms with Gasteiger partial charge in [0.25, 0.3) is 10.0 Å². The van der Waals surface area contributed by atoms with Gasteiger partial charge in [-0.2, -0.15) is 0 Å². The van der Waals surface area contributed by atoms with E-state index in [9.17, 15) is 13.2 Å². The molecule has 9 heteroatoms. The summed E-state index contributed by atoms with van der Waals surface area (Å²) in [6.45, 7) is 4.00. The predicted molar refractivity (Wildman–Crippen MR) is 144 cm³/mol. The first-order valence-electron chi connectivity index (χ1n) is 11.5. The van der Waals surface area contributed by atoms with Gasteiger partial charge in [0.2, 0.25) is 11.9 Å². The van der Waals surface area contributed by atoms with Crippen molar-refractivity contribution in [2.75, 3.05) is 10.0 Å². The number of nitrogens with zero attached hydrogens (tertiary/aromatic N) is 2. The number of anilines is 2. The van der Waals surface area contributed by atoms with Gasteiger partial charge in [-0.15, -0.1) is 0 Å². The summed E-state index contributed by atoms with van der Waals surface area (Å²) in [4.78, 5) is 20.6. The minimum atomic E-state index is -3.87. The average molecular weight is 515 g/mol. The number of benzene rings is 3. The van der Waals surface area contributed by atoms with Gasteiger partial charge in [0.1, 0.15) is 12.4 Å². The maximum absolute atomic E-state index is 12.7. The molecule has 0 aliphatic heterocycles. The predicted octanol–water partition coefficient (Wildman–Crippen LogP) is 5.13. The number of hydrogen-bond acceptors (Lipinski definition) is 6. The molecule has 188 valence electrons. The van der Waals surface area contributed by atoms with Gasteiger partial charge in [-0.1, -0.05) is 42.5 Å². The summed E-state index contributed by atoms with van der Waals surface area (Å²) >= 11 is 0. The summed E-state index contributed by atoms with van der Waals surface area (Å²) in [6.07, 6.45) is 3.09. The third-order valence-corrected chi connectivity index (χ3v) is 6.54. The van der Waals surface area contributed by atoms with E-state index in [1.54, 1.807) is 26.0 Å². The van der Waals surface area contributed by atoms with Gasteiger partial charge in [-0.05, 0) is 73.5 Å². The van der Waals surface area contributed by atoms with E-state index in [0.717, 1.165) is 16.9 Å². The van der Waals surface area contributed by atoms with Crippen molar-refractivity contribution in [1.82, 2.24) is 9.97 Å². The summed E-state index contributed by atoms with van der Waals surface area (Å²) in [7, 11) is -3.87. The SMILES string of the molecule is Cc1cc(C)nc(NS(=O)(=O)c2ccc(NC(=O)C=Cc3ccc(OCc4ccccc4)cc3)cc2)n1. The number of amides is 1. The Morgan fingerprint density at radius 3 is 2.19 bits per heavy atom. The molecule has 0 unspecified atom stereocenters. The minimum Gasteiger partial charge on any atom is -0.489 e. The lowest BCUT2D eigenvalue weighted by molar-refractivity contribution is -0.111. The number of nitrogens with one attached hydrogen (secondary N) is 2. The molecule has 0 radical (unpaired) electrons. The Labute approximate surface area is 216 Å². The first-order chi connectivity index (χ1) is 17.8. The fourth-order valence-corrected chi connectivity index (χ4v) is 4.38. The van der Waals surface area contributed by atoms with E-state index in [2.05, 4.69) is 20.0 Å². The van der Waals surface area contributed by atoms with Crippen LogP contribution in [0.3, 0.4) is 0 Å². The molecule has 0 atom stereocenters. The van der Waals surface area contributed by atoms with Gasteiger partial charge in [0.15, 0.2) is 0 Å². The lowest BCUT2D eigenvalue weighted by Crippen LogP contribution is -2.16. The number of aromatic nitrogens is 2. The Morgan fingerprint density at radius 2 is 1.54 bits per heavy atom. The molecule has 1 amide bonds. The van der Waals surface area contributed by atoms with E-state index < -0.39 is 10.0 Å². The molecule has 0 aliphatic carbocycles. The van der Waals surface area contributed by atoms with Crippen LogP contribution in [-0.4, -0.2) is 24.3 Å². The van der Waals surface area contributed by atoms with Crippen LogP contribution < -0.4 is 14.8 Å². The first-order valence-corrected chi connectivity index (χ1v) is 13.0.